The second-order valence-electron chi connectivity index (χ2n) is 3.36. The van der Waals surface area contributed by atoms with E-state index in [4.69, 9.17) is 16.3 Å². The number of rotatable bonds is 4. The first-order valence-electron chi connectivity index (χ1n) is 4.47. The van der Waals surface area contributed by atoms with Crippen LogP contribution in [0.25, 0.3) is 0 Å². The Kier molecular flexibility index (Phi) is 3.96. The minimum atomic E-state index is -0.104. The third kappa shape index (κ3) is 3.04. The summed E-state index contributed by atoms with van der Waals surface area (Å²) < 4.78 is 5.38. The molecule has 1 aromatic carbocycles. The molecule has 0 saturated heterocycles. The van der Waals surface area contributed by atoms with Crippen molar-refractivity contribution in [1.29, 1.82) is 0 Å². The Labute approximate surface area is 88.8 Å². The van der Waals surface area contributed by atoms with Gasteiger partial charge in [0, 0.05) is 5.92 Å². The maximum absolute atomic E-state index is 10.4. The van der Waals surface area contributed by atoms with Crippen molar-refractivity contribution in [3.63, 3.8) is 0 Å². The zero-order valence-corrected chi connectivity index (χ0v) is 9.04. The first kappa shape index (κ1) is 11.1. The van der Waals surface area contributed by atoms with Gasteiger partial charge in [-0.3, -0.25) is 0 Å². The Morgan fingerprint density at radius 3 is 2.86 bits per heavy atom. The highest BCUT2D eigenvalue weighted by molar-refractivity contribution is 6.32. The largest absolute Gasteiger partial charge is 0.491 e. The van der Waals surface area contributed by atoms with E-state index in [1.165, 1.54) is 0 Å². The minimum absolute atomic E-state index is 0.104. The van der Waals surface area contributed by atoms with E-state index >= 15 is 0 Å². The van der Waals surface area contributed by atoms with E-state index in [-0.39, 0.29) is 5.92 Å². The summed E-state index contributed by atoms with van der Waals surface area (Å²) in [6.07, 6.45) is 0.863. The summed E-state index contributed by atoms with van der Waals surface area (Å²) in [6, 6.07) is 5.57. The summed E-state index contributed by atoms with van der Waals surface area (Å²) in [5.41, 5.74) is 1.09. The van der Waals surface area contributed by atoms with Crippen LogP contribution in [0.1, 0.15) is 12.5 Å². The zero-order chi connectivity index (χ0) is 10.6. The molecule has 1 aromatic rings. The molecular weight excluding hydrogens is 200 g/mol. The van der Waals surface area contributed by atoms with E-state index in [2.05, 4.69) is 0 Å². The molecule has 0 aliphatic carbocycles. The SMILES string of the molecule is Cc1ccc(OCC(C)C=O)c(Cl)c1. The van der Waals surface area contributed by atoms with Gasteiger partial charge in [-0.2, -0.15) is 0 Å². The quantitative estimate of drug-likeness (QED) is 0.718. The van der Waals surface area contributed by atoms with Gasteiger partial charge in [-0.05, 0) is 24.6 Å². The fraction of sp³-hybridized carbons (Fsp3) is 0.364. The third-order valence-corrected chi connectivity index (χ3v) is 2.12. The topological polar surface area (TPSA) is 26.3 Å². The van der Waals surface area contributed by atoms with E-state index in [9.17, 15) is 4.79 Å². The molecule has 14 heavy (non-hydrogen) atoms. The average molecular weight is 213 g/mol. The van der Waals surface area contributed by atoms with Crippen molar-refractivity contribution in [2.75, 3.05) is 6.61 Å². The summed E-state index contributed by atoms with van der Waals surface area (Å²) in [6.45, 7) is 4.13. The summed E-state index contributed by atoms with van der Waals surface area (Å²) in [5.74, 6) is 0.526. The van der Waals surface area contributed by atoms with Crippen molar-refractivity contribution >= 4 is 17.9 Å². The Morgan fingerprint density at radius 1 is 1.57 bits per heavy atom. The smallest absolute Gasteiger partial charge is 0.137 e. The van der Waals surface area contributed by atoms with Crippen molar-refractivity contribution in [3.8, 4) is 5.75 Å². The highest BCUT2D eigenvalue weighted by Crippen LogP contribution is 2.25. The summed E-state index contributed by atoms with van der Waals surface area (Å²) in [4.78, 5) is 10.4. The van der Waals surface area contributed by atoms with Crippen LogP contribution in [-0.4, -0.2) is 12.9 Å². The van der Waals surface area contributed by atoms with Crippen molar-refractivity contribution in [1.82, 2.24) is 0 Å². The summed E-state index contributed by atoms with van der Waals surface area (Å²) in [5, 5.41) is 0.586. The lowest BCUT2D eigenvalue weighted by atomic mass is 10.2. The Morgan fingerprint density at radius 2 is 2.29 bits per heavy atom. The summed E-state index contributed by atoms with van der Waals surface area (Å²) in [7, 11) is 0. The van der Waals surface area contributed by atoms with E-state index < -0.39 is 0 Å². The Hall–Kier alpha value is -1.02. The number of hydrogen-bond donors (Lipinski definition) is 0. The normalized spacial score (nSPS) is 12.2. The zero-order valence-electron chi connectivity index (χ0n) is 8.29. The molecule has 1 rings (SSSR count). The lowest BCUT2D eigenvalue weighted by Crippen LogP contribution is -2.09. The molecule has 0 heterocycles. The van der Waals surface area contributed by atoms with E-state index in [1.807, 2.05) is 25.1 Å². The van der Waals surface area contributed by atoms with Gasteiger partial charge in [0.05, 0.1) is 11.6 Å². The van der Waals surface area contributed by atoms with E-state index in [0.29, 0.717) is 17.4 Å². The van der Waals surface area contributed by atoms with Crippen LogP contribution in [0.15, 0.2) is 18.2 Å². The molecule has 0 radical (unpaired) electrons. The molecule has 2 nitrogen and oxygen atoms in total. The molecule has 76 valence electrons. The molecule has 0 N–H and O–H groups in total. The van der Waals surface area contributed by atoms with Gasteiger partial charge in [0.15, 0.2) is 0 Å². The number of aryl methyl sites for hydroxylation is 1. The van der Waals surface area contributed by atoms with Gasteiger partial charge >= 0.3 is 0 Å². The third-order valence-electron chi connectivity index (χ3n) is 1.82. The van der Waals surface area contributed by atoms with Crippen LogP contribution < -0.4 is 4.74 Å². The molecule has 1 unspecified atom stereocenters. The van der Waals surface area contributed by atoms with Gasteiger partial charge < -0.3 is 9.53 Å². The monoisotopic (exact) mass is 212 g/mol. The van der Waals surface area contributed by atoms with Gasteiger partial charge in [0.1, 0.15) is 12.0 Å². The minimum Gasteiger partial charge on any atom is -0.491 e. The molecule has 0 amide bonds. The maximum atomic E-state index is 10.4. The van der Waals surface area contributed by atoms with E-state index in [0.717, 1.165) is 11.8 Å². The Balaban J connectivity index is 2.63. The van der Waals surface area contributed by atoms with Gasteiger partial charge in [0.2, 0.25) is 0 Å². The van der Waals surface area contributed by atoms with Crippen molar-refractivity contribution in [2.45, 2.75) is 13.8 Å². The molecule has 3 heteroatoms. The number of aldehydes is 1. The van der Waals surface area contributed by atoms with Crippen LogP contribution in [0.2, 0.25) is 5.02 Å². The standard InChI is InChI=1S/C11H13ClO2/c1-8-3-4-11(10(12)5-8)14-7-9(2)6-13/h3-6,9H,7H2,1-2H3. The van der Waals surface area contributed by atoms with Crippen molar-refractivity contribution < 1.29 is 9.53 Å². The fourth-order valence-corrected chi connectivity index (χ4v) is 1.27. The second-order valence-corrected chi connectivity index (χ2v) is 3.77. The molecule has 0 aromatic heterocycles. The number of carbonyl (C=O) groups is 1. The molecule has 1 atom stereocenters. The maximum Gasteiger partial charge on any atom is 0.137 e. The predicted octanol–water partition coefficient (Wildman–Crippen LogP) is 2.86. The van der Waals surface area contributed by atoms with Gasteiger partial charge in [-0.25, -0.2) is 0 Å². The van der Waals surface area contributed by atoms with Crippen LogP contribution in [0.5, 0.6) is 5.75 Å². The van der Waals surface area contributed by atoms with Crippen LogP contribution in [0.4, 0.5) is 0 Å². The second kappa shape index (κ2) is 5.01. The number of carbonyl (C=O) groups excluding carboxylic acids is 1. The molecule has 0 fully saturated rings. The molecule has 0 aliphatic heterocycles. The van der Waals surface area contributed by atoms with Crippen LogP contribution in [-0.2, 0) is 4.79 Å². The van der Waals surface area contributed by atoms with Gasteiger partial charge in [0.25, 0.3) is 0 Å². The average Bonchev–Trinajstić information content (AvgIpc) is 2.16. The first-order valence-corrected chi connectivity index (χ1v) is 4.85. The van der Waals surface area contributed by atoms with Gasteiger partial charge in [-0.15, -0.1) is 0 Å². The molecular formula is C11H13ClO2. The van der Waals surface area contributed by atoms with Crippen LogP contribution >= 0.6 is 11.6 Å². The number of ether oxygens (including phenoxy) is 1. The predicted molar refractivity (Wildman–Crippen MR) is 56.9 cm³/mol. The highest BCUT2D eigenvalue weighted by Gasteiger charge is 2.04. The van der Waals surface area contributed by atoms with E-state index in [1.54, 1.807) is 6.92 Å². The van der Waals surface area contributed by atoms with Crippen LogP contribution in [0.3, 0.4) is 0 Å². The molecule has 0 saturated carbocycles. The van der Waals surface area contributed by atoms with Crippen LogP contribution in [0, 0.1) is 12.8 Å². The first-order chi connectivity index (χ1) is 6.63. The molecule has 0 bridgehead atoms. The number of benzene rings is 1. The Bertz CT molecular complexity index is 323. The fourth-order valence-electron chi connectivity index (χ4n) is 0.983. The highest BCUT2D eigenvalue weighted by atomic mass is 35.5. The lowest BCUT2D eigenvalue weighted by Gasteiger charge is -2.09. The molecule has 0 spiro atoms. The summed E-state index contributed by atoms with van der Waals surface area (Å²) >= 11 is 5.94. The van der Waals surface area contributed by atoms with Crippen molar-refractivity contribution in [3.05, 3.63) is 28.8 Å². The molecule has 0 aliphatic rings. The lowest BCUT2D eigenvalue weighted by molar-refractivity contribution is -0.111. The number of hydrogen-bond acceptors (Lipinski definition) is 2. The number of halogens is 1. The van der Waals surface area contributed by atoms with Gasteiger partial charge in [-0.1, -0.05) is 24.6 Å². The van der Waals surface area contributed by atoms with Crippen molar-refractivity contribution in [2.24, 2.45) is 5.92 Å².